The summed E-state index contributed by atoms with van der Waals surface area (Å²) < 4.78 is 40.5. The Morgan fingerprint density at radius 3 is 1.16 bits per heavy atom. The molecule has 1 atom stereocenters. The number of hydrogen-bond donors (Lipinski definition) is 0. The zero-order valence-electron chi connectivity index (χ0n) is 36.6. The van der Waals surface area contributed by atoms with Gasteiger partial charge >= 0.3 is 25.9 Å². The molecule has 0 saturated carbocycles. The fourth-order valence-corrected chi connectivity index (χ4v) is 42.8. The summed E-state index contributed by atoms with van der Waals surface area (Å²) in [6.07, 6.45) is 4.44. The summed E-state index contributed by atoms with van der Waals surface area (Å²) in [7, 11) is -19.6. The third kappa shape index (κ3) is 30.2. The van der Waals surface area contributed by atoms with Gasteiger partial charge in [0.25, 0.3) is 0 Å². The Kier molecular flexibility index (Phi) is 22.0. The average molecular weight is 872 g/mol. The SMILES string of the molecule is CC=C[Si](C)(C)O[SiH2]C.C[SiH](C)CC=C[Si](C)(C)O[Si](C)(C)O[Si](C)(O[Si](C)(C)C=C[Si](C)(C)C)O[Si](C)(C)O[Si](C)(C)C=C[Si](C)(C)C. The van der Waals surface area contributed by atoms with E-state index in [-0.39, 0.29) is 9.76 Å². The van der Waals surface area contributed by atoms with Gasteiger partial charge in [-0.25, -0.2) is 0 Å². The zero-order valence-corrected chi connectivity index (χ0v) is 48.1. The van der Waals surface area contributed by atoms with Crippen molar-refractivity contribution >= 4 is 93.9 Å². The average Bonchev–Trinajstić information content (AvgIpc) is 2.77. The molecule has 0 N–H and O–H groups in total. The molecule has 0 bridgehead atoms. The number of allylic oxidation sites excluding steroid dienone is 2. The number of rotatable bonds is 20. The van der Waals surface area contributed by atoms with E-state index in [1.54, 1.807) is 0 Å². The van der Waals surface area contributed by atoms with E-state index in [1.807, 2.05) is 0 Å². The molecule has 0 aromatic heterocycles. The van der Waals surface area contributed by atoms with Crippen molar-refractivity contribution in [3.05, 3.63) is 46.3 Å². The van der Waals surface area contributed by atoms with Gasteiger partial charge in [0, 0.05) is 15.3 Å². The molecule has 6 nitrogen and oxygen atoms in total. The molecule has 0 aliphatic heterocycles. The summed E-state index contributed by atoms with van der Waals surface area (Å²) in [5, 5.41) is 0. The van der Waals surface area contributed by atoms with Crippen molar-refractivity contribution in [1.29, 1.82) is 0 Å². The van der Waals surface area contributed by atoms with E-state index in [4.69, 9.17) is 24.7 Å². The van der Waals surface area contributed by atoms with Gasteiger partial charge in [-0.15, -0.1) is 11.4 Å². The zero-order chi connectivity index (χ0) is 39.4. The Morgan fingerprint density at radius 2 is 0.837 bits per heavy atom. The van der Waals surface area contributed by atoms with Crippen molar-refractivity contribution in [2.24, 2.45) is 0 Å². The van der Waals surface area contributed by atoms with Gasteiger partial charge in [0.1, 0.15) is 9.76 Å². The van der Waals surface area contributed by atoms with Crippen LogP contribution in [0.5, 0.6) is 0 Å². The molecular formula is C32H82O6Si11. The molecule has 290 valence electrons. The molecule has 0 amide bonds. The van der Waals surface area contributed by atoms with Crippen LogP contribution in [0.2, 0.25) is 150 Å². The Morgan fingerprint density at radius 1 is 0.469 bits per heavy atom. The monoisotopic (exact) mass is 870 g/mol. The van der Waals surface area contributed by atoms with Crippen molar-refractivity contribution < 1.29 is 24.7 Å². The fraction of sp³-hybridized carbons (Fsp3) is 0.750. The van der Waals surface area contributed by atoms with Gasteiger partial charge < -0.3 is 24.7 Å². The summed E-state index contributed by atoms with van der Waals surface area (Å²) in [4.78, 5) is 0. The quantitative estimate of drug-likeness (QED) is 0.114. The van der Waals surface area contributed by atoms with Gasteiger partial charge in [0.05, 0.1) is 16.1 Å². The lowest BCUT2D eigenvalue weighted by Crippen LogP contribution is -2.63. The van der Waals surface area contributed by atoms with Crippen LogP contribution in [0, 0.1) is 0 Å². The van der Waals surface area contributed by atoms with E-state index in [0.29, 0.717) is 0 Å². The summed E-state index contributed by atoms with van der Waals surface area (Å²) in [5.74, 6) is 0. The second-order valence-corrected chi connectivity index (χ2v) is 59.6. The van der Waals surface area contributed by atoms with Gasteiger partial charge in [-0.1, -0.05) is 93.9 Å². The lowest BCUT2D eigenvalue weighted by atomic mass is 10.8. The topological polar surface area (TPSA) is 55.4 Å². The first kappa shape index (κ1) is 52.2. The van der Waals surface area contributed by atoms with Crippen molar-refractivity contribution in [2.45, 2.75) is 157 Å². The van der Waals surface area contributed by atoms with Crippen molar-refractivity contribution in [3.8, 4) is 0 Å². The maximum Gasteiger partial charge on any atom is 0.469 e. The first-order valence-corrected chi connectivity index (χ1v) is 50.4. The van der Waals surface area contributed by atoms with Crippen LogP contribution in [-0.4, -0.2) is 93.9 Å². The summed E-state index contributed by atoms with van der Waals surface area (Å²) in [5.41, 5.74) is 14.1. The van der Waals surface area contributed by atoms with Crippen LogP contribution in [0.1, 0.15) is 6.92 Å². The molecule has 49 heavy (non-hydrogen) atoms. The van der Waals surface area contributed by atoms with Crippen LogP contribution >= 0.6 is 0 Å². The Labute approximate surface area is 319 Å². The number of hydrogen-bond acceptors (Lipinski definition) is 6. The molecule has 0 spiro atoms. The Balaban J connectivity index is 0. The van der Waals surface area contributed by atoms with Crippen LogP contribution < -0.4 is 0 Å². The highest BCUT2D eigenvalue weighted by Crippen LogP contribution is 2.30. The van der Waals surface area contributed by atoms with Gasteiger partial charge in [0.2, 0.25) is 8.32 Å². The maximum absolute atomic E-state index is 7.03. The van der Waals surface area contributed by atoms with Crippen LogP contribution in [0.3, 0.4) is 0 Å². The lowest BCUT2D eigenvalue weighted by Gasteiger charge is -2.44. The largest absolute Gasteiger partial charge is 0.469 e. The molecular weight excluding hydrogens is 789 g/mol. The summed E-state index contributed by atoms with van der Waals surface area (Å²) >= 11 is 0. The molecule has 0 aliphatic carbocycles. The molecule has 0 aliphatic rings. The molecule has 0 saturated heterocycles. The van der Waals surface area contributed by atoms with Crippen LogP contribution in [-0.2, 0) is 24.7 Å². The van der Waals surface area contributed by atoms with Crippen LogP contribution in [0.4, 0.5) is 0 Å². The van der Waals surface area contributed by atoms with Gasteiger partial charge in [-0.2, -0.15) is 0 Å². The third-order valence-corrected chi connectivity index (χ3v) is 37.6. The molecule has 0 rings (SSSR count). The molecule has 0 aromatic rings. The molecule has 1 unspecified atom stereocenters. The highest BCUT2D eigenvalue weighted by Gasteiger charge is 2.52. The minimum atomic E-state index is -3.15. The van der Waals surface area contributed by atoms with Crippen molar-refractivity contribution in [3.63, 3.8) is 0 Å². The third-order valence-electron chi connectivity index (χ3n) is 6.51. The predicted octanol–water partition coefficient (Wildman–Crippen LogP) is 10.6. The second kappa shape index (κ2) is 20.7. The van der Waals surface area contributed by atoms with E-state index >= 15 is 0 Å². The van der Waals surface area contributed by atoms with E-state index in [1.165, 1.54) is 6.04 Å². The van der Waals surface area contributed by atoms with Crippen LogP contribution in [0.15, 0.2) is 46.3 Å². The molecule has 17 heteroatoms. The van der Waals surface area contributed by atoms with E-state index < -0.39 is 84.1 Å². The smallest absolute Gasteiger partial charge is 0.458 e. The van der Waals surface area contributed by atoms with E-state index in [0.717, 1.165) is 0 Å². The minimum absolute atomic E-state index is 0.200. The molecule has 0 radical (unpaired) electrons. The first-order chi connectivity index (χ1) is 21.5. The van der Waals surface area contributed by atoms with E-state index in [9.17, 15) is 0 Å². The molecule has 0 heterocycles. The lowest BCUT2D eigenvalue weighted by molar-refractivity contribution is 0.217. The second-order valence-electron chi connectivity index (χ2n) is 18.9. The molecule has 0 aromatic carbocycles. The maximum atomic E-state index is 7.03. The van der Waals surface area contributed by atoms with Gasteiger partial charge in [0.15, 0.2) is 25.0 Å². The summed E-state index contributed by atoms with van der Waals surface area (Å²) in [6.45, 7) is 51.8. The normalized spacial score (nSPS) is 16.6. The highest BCUT2D eigenvalue weighted by atomic mass is 28.5. The van der Waals surface area contributed by atoms with Crippen molar-refractivity contribution in [1.82, 2.24) is 0 Å². The highest BCUT2D eigenvalue weighted by molar-refractivity contribution is 6.95. The summed E-state index contributed by atoms with van der Waals surface area (Å²) in [6, 6.07) is 1.20. The Bertz CT molecular complexity index is 1090. The van der Waals surface area contributed by atoms with Gasteiger partial charge in [-0.05, 0) is 91.5 Å². The van der Waals surface area contributed by atoms with Crippen molar-refractivity contribution in [2.75, 3.05) is 0 Å². The Hall–Kier alpha value is 1.11. The fourth-order valence-electron chi connectivity index (χ4n) is 5.19. The predicted molar refractivity (Wildman–Crippen MR) is 250 cm³/mol. The first-order valence-electron chi connectivity index (χ1n) is 18.4. The van der Waals surface area contributed by atoms with Crippen LogP contribution in [0.25, 0.3) is 0 Å². The minimum Gasteiger partial charge on any atom is -0.458 e. The standard InChI is InChI=1S/C26H66O5Si9.C6H16OSi2/c1-32(2)21-20-22-35(9,10)27-38(15,16)30-40(19,29-37(13,14)26-24-34(6,7)8)31-39(17,18)28-36(11,12)25-23-33(3,4)5;1-5-6-9(3,4)7-8-2/h20,22-26,32H,21H2,1-19H3;5-6H,8H2,1-4H3. The van der Waals surface area contributed by atoms with Gasteiger partial charge in [-0.3, -0.25) is 0 Å². The molecule has 0 fully saturated rings. The van der Waals surface area contributed by atoms with E-state index in [2.05, 4.69) is 197 Å².